The number of rotatable bonds is 1. The number of piperidine rings is 1. The number of ether oxygens (including phenoxy) is 1. The Balaban J connectivity index is 1.71. The van der Waals surface area contributed by atoms with E-state index in [0.717, 1.165) is 25.9 Å². The van der Waals surface area contributed by atoms with Gasteiger partial charge >= 0.3 is 0 Å². The van der Waals surface area contributed by atoms with Crippen molar-refractivity contribution in [2.75, 3.05) is 19.7 Å². The molecule has 5 nitrogen and oxygen atoms in total. The first kappa shape index (κ1) is 16.3. The number of carbonyl (C=O) groups excluding carboxylic acids is 1. The highest BCUT2D eigenvalue weighted by atomic mass is 19.1. The topological polar surface area (TPSA) is 62.4 Å². The Hall–Kier alpha value is -2.21. The van der Waals surface area contributed by atoms with Crippen molar-refractivity contribution in [2.45, 2.75) is 32.3 Å². The normalized spacial score (nSPS) is 23.5. The molecule has 3 heterocycles. The molecule has 2 fully saturated rings. The molecule has 0 bridgehead atoms. The molecule has 1 amide bonds. The van der Waals surface area contributed by atoms with E-state index in [-0.39, 0.29) is 23.1 Å². The number of nitrogens with one attached hydrogen (secondary N) is 1. The highest BCUT2D eigenvalue weighted by Gasteiger charge is 2.34. The van der Waals surface area contributed by atoms with Crippen LogP contribution in [-0.2, 0) is 4.74 Å². The van der Waals surface area contributed by atoms with E-state index in [1.165, 1.54) is 12.1 Å². The van der Waals surface area contributed by atoms with Crippen LogP contribution in [0.15, 0.2) is 23.0 Å². The van der Waals surface area contributed by atoms with E-state index in [0.29, 0.717) is 30.0 Å². The molecule has 0 saturated carbocycles. The summed E-state index contributed by atoms with van der Waals surface area (Å²) in [5.74, 6) is -0.371. The molecule has 2 aliphatic heterocycles. The van der Waals surface area contributed by atoms with Crippen LogP contribution in [0.1, 0.15) is 35.2 Å². The van der Waals surface area contributed by atoms with Crippen LogP contribution in [0.3, 0.4) is 0 Å². The SMILES string of the molecule is Cc1cc(F)c2[nH]c(=O)cc(C(=O)N3CCC4OCCCC4C3)c2c1. The molecule has 0 aliphatic carbocycles. The molecule has 2 aromatic rings. The van der Waals surface area contributed by atoms with Crippen molar-refractivity contribution in [3.63, 3.8) is 0 Å². The lowest BCUT2D eigenvalue weighted by Gasteiger charge is -2.41. The summed E-state index contributed by atoms with van der Waals surface area (Å²) in [5, 5.41) is 0.462. The number of aromatic amines is 1. The van der Waals surface area contributed by atoms with Crippen LogP contribution in [0.4, 0.5) is 4.39 Å². The third-order valence-electron chi connectivity index (χ3n) is 5.28. The van der Waals surface area contributed by atoms with Crippen molar-refractivity contribution in [2.24, 2.45) is 5.92 Å². The lowest BCUT2D eigenvalue weighted by Crippen LogP contribution is -2.48. The van der Waals surface area contributed by atoms with Gasteiger partial charge in [-0.3, -0.25) is 9.59 Å². The molecule has 6 heteroatoms. The minimum Gasteiger partial charge on any atom is -0.378 e. The Morgan fingerprint density at radius 2 is 2.16 bits per heavy atom. The molecule has 2 atom stereocenters. The number of H-pyrrole nitrogens is 1. The summed E-state index contributed by atoms with van der Waals surface area (Å²) >= 11 is 0. The number of hydrogen-bond acceptors (Lipinski definition) is 3. The Morgan fingerprint density at radius 3 is 3.00 bits per heavy atom. The number of nitrogens with zero attached hydrogens (tertiary/aromatic N) is 1. The van der Waals surface area contributed by atoms with Gasteiger partial charge in [-0.1, -0.05) is 0 Å². The van der Waals surface area contributed by atoms with Crippen molar-refractivity contribution in [3.8, 4) is 0 Å². The highest BCUT2D eigenvalue weighted by Crippen LogP contribution is 2.30. The van der Waals surface area contributed by atoms with E-state index in [4.69, 9.17) is 4.74 Å². The summed E-state index contributed by atoms with van der Waals surface area (Å²) in [6, 6.07) is 4.39. The van der Waals surface area contributed by atoms with E-state index in [9.17, 15) is 14.0 Å². The molecular weight excluding hydrogens is 323 g/mol. The molecule has 25 heavy (non-hydrogen) atoms. The standard InChI is InChI=1S/C19H21FN2O3/c1-11-7-13-14(9-17(23)21-18(13)15(20)8-11)19(24)22-5-4-16-12(10-22)3-2-6-25-16/h7-9,12,16H,2-6,10H2,1H3,(H,21,23). The van der Waals surface area contributed by atoms with Crippen molar-refractivity contribution < 1.29 is 13.9 Å². The maximum Gasteiger partial charge on any atom is 0.254 e. The van der Waals surface area contributed by atoms with Gasteiger partial charge in [0.05, 0.1) is 17.2 Å². The summed E-state index contributed by atoms with van der Waals surface area (Å²) in [6.45, 7) is 3.80. The van der Waals surface area contributed by atoms with Crippen LogP contribution in [0.25, 0.3) is 10.9 Å². The monoisotopic (exact) mass is 344 g/mol. The highest BCUT2D eigenvalue weighted by molar-refractivity contribution is 6.06. The number of hydrogen-bond donors (Lipinski definition) is 1. The third kappa shape index (κ3) is 2.95. The number of carbonyl (C=O) groups is 1. The maximum atomic E-state index is 14.2. The fourth-order valence-corrected chi connectivity index (χ4v) is 4.07. The van der Waals surface area contributed by atoms with Gasteiger partial charge in [0.15, 0.2) is 0 Å². The smallest absolute Gasteiger partial charge is 0.254 e. The first-order chi connectivity index (χ1) is 12.0. The first-order valence-corrected chi connectivity index (χ1v) is 8.77. The summed E-state index contributed by atoms with van der Waals surface area (Å²) in [7, 11) is 0. The number of halogens is 1. The second-order valence-electron chi connectivity index (χ2n) is 7.07. The number of aryl methyl sites for hydroxylation is 1. The molecule has 2 aliphatic rings. The second kappa shape index (κ2) is 6.26. The van der Waals surface area contributed by atoms with Crippen molar-refractivity contribution in [1.29, 1.82) is 0 Å². The molecule has 0 radical (unpaired) electrons. The average molecular weight is 344 g/mol. The van der Waals surface area contributed by atoms with E-state index in [2.05, 4.69) is 4.98 Å². The minimum absolute atomic E-state index is 0.0948. The van der Waals surface area contributed by atoms with E-state index in [1.54, 1.807) is 17.9 Å². The first-order valence-electron chi connectivity index (χ1n) is 8.77. The molecule has 1 aromatic heterocycles. The van der Waals surface area contributed by atoms with E-state index >= 15 is 0 Å². The molecule has 4 rings (SSSR count). The third-order valence-corrected chi connectivity index (χ3v) is 5.28. The Labute approximate surface area is 144 Å². The van der Waals surface area contributed by atoms with Crippen molar-refractivity contribution in [3.05, 3.63) is 45.5 Å². The molecule has 2 unspecified atom stereocenters. The van der Waals surface area contributed by atoms with Gasteiger partial charge in [-0.05, 0) is 43.9 Å². The quantitative estimate of drug-likeness (QED) is 0.865. The Bertz CT molecular complexity index is 892. The summed E-state index contributed by atoms with van der Waals surface area (Å²) in [5.41, 5.74) is 0.619. The van der Waals surface area contributed by atoms with Gasteiger partial charge in [0, 0.05) is 37.1 Å². The van der Waals surface area contributed by atoms with Gasteiger partial charge in [0.2, 0.25) is 5.56 Å². The van der Waals surface area contributed by atoms with Gasteiger partial charge in [-0.25, -0.2) is 4.39 Å². The van der Waals surface area contributed by atoms with E-state index in [1.807, 2.05) is 0 Å². The fraction of sp³-hybridized carbons (Fsp3) is 0.474. The summed E-state index contributed by atoms with van der Waals surface area (Å²) < 4.78 is 20.0. The largest absolute Gasteiger partial charge is 0.378 e. The number of benzene rings is 1. The predicted molar refractivity (Wildman–Crippen MR) is 92.2 cm³/mol. The lowest BCUT2D eigenvalue weighted by molar-refractivity contribution is -0.0606. The number of fused-ring (bicyclic) bond motifs is 2. The van der Waals surface area contributed by atoms with Gasteiger partial charge in [0.25, 0.3) is 5.91 Å². The zero-order valence-corrected chi connectivity index (χ0v) is 14.2. The molecule has 2 saturated heterocycles. The van der Waals surface area contributed by atoms with Crippen molar-refractivity contribution >= 4 is 16.8 Å². The zero-order chi connectivity index (χ0) is 17.6. The van der Waals surface area contributed by atoms with Crippen LogP contribution >= 0.6 is 0 Å². The fourth-order valence-electron chi connectivity index (χ4n) is 4.07. The minimum atomic E-state index is -0.513. The van der Waals surface area contributed by atoms with Gasteiger partial charge in [0.1, 0.15) is 5.82 Å². The van der Waals surface area contributed by atoms with E-state index < -0.39 is 11.4 Å². The summed E-state index contributed by atoms with van der Waals surface area (Å²) in [6.07, 6.45) is 3.11. The maximum absolute atomic E-state index is 14.2. The number of amides is 1. The second-order valence-corrected chi connectivity index (χ2v) is 7.07. The predicted octanol–water partition coefficient (Wildman–Crippen LogP) is 2.62. The van der Waals surface area contributed by atoms with Gasteiger partial charge < -0.3 is 14.6 Å². The average Bonchev–Trinajstić information content (AvgIpc) is 2.61. The molecular formula is C19H21FN2O3. The summed E-state index contributed by atoms with van der Waals surface area (Å²) in [4.78, 5) is 29.3. The molecule has 0 spiro atoms. The molecule has 1 N–H and O–H groups in total. The van der Waals surface area contributed by atoms with Crippen LogP contribution < -0.4 is 5.56 Å². The van der Waals surface area contributed by atoms with Gasteiger partial charge in [-0.2, -0.15) is 0 Å². The molecule has 132 valence electrons. The number of pyridine rings is 1. The van der Waals surface area contributed by atoms with Crippen molar-refractivity contribution in [1.82, 2.24) is 9.88 Å². The van der Waals surface area contributed by atoms with Gasteiger partial charge in [-0.15, -0.1) is 0 Å². The zero-order valence-electron chi connectivity index (χ0n) is 14.2. The molecule has 1 aromatic carbocycles. The van der Waals surface area contributed by atoms with Crippen LogP contribution in [0.5, 0.6) is 0 Å². The number of likely N-dealkylation sites (tertiary alicyclic amines) is 1. The van der Waals surface area contributed by atoms with Crippen LogP contribution in [-0.4, -0.2) is 41.6 Å². The van der Waals surface area contributed by atoms with Crippen LogP contribution in [0, 0.1) is 18.7 Å². The lowest BCUT2D eigenvalue weighted by atomic mass is 9.88. The van der Waals surface area contributed by atoms with Crippen LogP contribution in [0.2, 0.25) is 0 Å². The Morgan fingerprint density at radius 1 is 1.32 bits per heavy atom. The number of aromatic nitrogens is 1. The Kier molecular flexibility index (Phi) is 4.07.